The number of para-hydroxylation sites is 2. The lowest BCUT2D eigenvalue weighted by Crippen LogP contribution is -2.22. The Bertz CT molecular complexity index is 1520. The monoisotopic (exact) mass is 480 g/mol. The molecular formula is C23H20N4O2S3. The number of H-pyrrole nitrogens is 1. The first-order chi connectivity index (χ1) is 15.7. The first-order valence-corrected chi connectivity index (χ1v) is 12.9. The summed E-state index contributed by atoms with van der Waals surface area (Å²) in [4.78, 5) is 35.2. The molecule has 9 heteroatoms. The number of allylic oxidation sites excluding steroid dienone is 1. The van der Waals surface area contributed by atoms with Crippen LogP contribution < -0.4 is 11.2 Å². The smallest absolute Gasteiger partial charge is 0.306 e. The number of aromatic amines is 1. The number of aromatic nitrogens is 4. The van der Waals surface area contributed by atoms with E-state index in [1.54, 1.807) is 38.3 Å². The fraction of sp³-hybridized carbons (Fsp3) is 0.174. The number of thioether (sulfide) groups is 1. The minimum absolute atomic E-state index is 0.0325. The van der Waals surface area contributed by atoms with Crippen LogP contribution in [0.5, 0.6) is 0 Å². The van der Waals surface area contributed by atoms with Crippen molar-refractivity contribution in [1.29, 1.82) is 0 Å². The number of rotatable bonds is 8. The van der Waals surface area contributed by atoms with Crippen LogP contribution in [0, 0.1) is 0 Å². The third-order valence-corrected chi connectivity index (χ3v) is 8.03. The molecular weight excluding hydrogens is 460 g/mol. The summed E-state index contributed by atoms with van der Waals surface area (Å²) in [6.07, 6.45) is 2.50. The standard InChI is InChI=1S/C23H20N4O2S3/c1-2-10-27-21(28)19-15(18-9-5-12-30-18)14-32-20(19)25-23(27)31-13-6-11-26-17-8-4-3-7-16(17)24-22(26)29/h2-5,7-9,12,14H,1,6,10-11,13H2,(H,24,29). The van der Waals surface area contributed by atoms with Gasteiger partial charge in [-0.05, 0) is 30.0 Å². The second-order valence-corrected chi connectivity index (χ2v) is 10.1. The number of fused-ring (bicyclic) bond motifs is 2. The number of nitrogens with zero attached hydrogens (tertiary/aromatic N) is 3. The van der Waals surface area contributed by atoms with Crippen molar-refractivity contribution in [2.45, 2.75) is 24.7 Å². The van der Waals surface area contributed by atoms with E-state index in [4.69, 9.17) is 4.98 Å². The van der Waals surface area contributed by atoms with Gasteiger partial charge >= 0.3 is 5.69 Å². The summed E-state index contributed by atoms with van der Waals surface area (Å²) in [6, 6.07) is 11.7. The van der Waals surface area contributed by atoms with Crippen LogP contribution in [0.25, 0.3) is 31.7 Å². The summed E-state index contributed by atoms with van der Waals surface area (Å²) in [5.74, 6) is 0.740. The second-order valence-electron chi connectivity index (χ2n) is 7.21. The average molecular weight is 481 g/mol. The molecule has 0 aliphatic rings. The van der Waals surface area contributed by atoms with Crippen molar-refractivity contribution >= 4 is 55.7 Å². The Kier molecular flexibility index (Phi) is 5.86. The molecule has 1 aromatic carbocycles. The van der Waals surface area contributed by atoms with Crippen LogP contribution in [-0.4, -0.2) is 24.9 Å². The predicted molar refractivity (Wildman–Crippen MR) is 135 cm³/mol. The molecule has 1 N–H and O–H groups in total. The number of imidazole rings is 1. The topological polar surface area (TPSA) is 72.7 Å². The van der Waals surface area contributed by atoms with Crippen molar-refractivity contribution in [3.05, 3.63) is 80.7 Å². The van der Waals surface area contributed by atoms with Crippen molar-refractivity contribution in [2.24, 2.45) is 0 Å². The fourth-order valence-corrected chi connectivity index (χ4v) is 6.47. The van der Waals surface area contributed by atoms with Gasteiger partial charge < -0.3 is 4.98 Å². The van der Waals surface area contributed by atoms with Gasteiger partial charge in [0.05, 0.1) is 16.4 Å². The highest BCUT2D eigenvalue weighted by atomic mass is 32.2. The highest BCUT2D eigenvalue weighted by Gasteiger charge is 2.17. The zero-order chi connectivity index (χ0) is 22.1. The van der Waals surface area contributed by atoms with Gasteiger partial charge in [0.2, 0.25) is 0 Å². The lowest BCUT2D eigenvalue weighted by atomic mass is 10.2. The minimum atomic E-state index is -0.0981. The SMILES string of the molecule is C=CCn1c(SCCCn2c(=O)[nH]c3ccccc32)nc2scc(-c3cccs3)c2c1=O. The van der Waals surface area contributed by atoms with Crippen LogP contribution >= 0.6 is 34.4 Å². The van der Waals surface area contributed by atoms with E-state index in [1.165, 1.54) is 11.3 Å². The molecule has 0 aliphatic heterocycles. The Hall–Kier alpha value is -2.88. The maximum absolute atomic E-state index is 13.4. The van der Waals surface area contributed by atoms with Gasteiger partial charge in [0, 0.05) is 34.7 Å². The first kappa shape index (κ1) is 21.0. The normalized spacial score (nSPS) is 11.5. The summed E-state index contributed by atoms with van der Waals surface area (Å²) in [5.41, 5.74) is 2.57. The third kappa shape index (κ3) is 3.76. The van der Waals surface area contributed by atoms with E-state index < -0.39 is 0 Å². The Morgan fingerprint density at radius 3 is 2.81 bits per heavy atom. The van der Waals surface area contributed by atoms with Gasteiger partial charge in [-0.15, -0.1) is 29.3 Å². The molecule has 4 aromatic heterocycles. The maximum Gasteiger partial charge on any atom is 0.326 e. The van der Waals surface area contributed by atoms with Gasteiger partial charge in [-0.1, -0.05) is 36.0 Å². The highest BCUT2D eigenvalue weighted by Crippen LogP contribution is 2.34. The van der Waals surface area contributed by atoms with Crippen LogP contribution in [0.15, 0.2) is 74.6 Å². The summed E-state index contributed by atoms with van der Waals surface area (Å²) >= 11 is 4.66. The fourth-order valence-electron chi connectivity index (χ4n) is 3.73. The van der Waals surface area contributed by atoms with Gasteiger partial charge in [0.15, 0.2) is 5.16 Å². The molecule has 0 saturated carbocycles. The zero-order valence-electron chi connectivity index (χ0n) is 17.1. The molecule has 0 atom stereocenters. The quantitative estimate of drug-likeness (QED) is 0.143. The van der Waals surface area contributed by atoms with Crippen molar-refractivity contribution in [3.63, 3.8) is 0 Å². The van der Waals surface area contributed by atoms with Crippen molar-refractivity contribution in [1.82, 2.24) is 19.1 Å². The maximum atomic E-state index is 13.4. The van der Waals surface area contributed by atoms with Crippen LogP contribution in [0.3, 0.4) is 0 Å². The van der Waals surface area contributed by atoms with Gasteiger partial charge in [-0.2, -0.15) is 0 Å². The minimum Gasteiger partial charge on any atom is -0.306 e. The van der Waals surface area contributed by atoms with Crippen LogP contribution in [0.2, 0.25) is 0 Å². The zero-order valence-corrected chi connectivity index (χ0v) is 19.6. The van der Waals surface area contributed by atoms with Crippen LogP contribution in [0.4, 0.5) is 0 Å². The molecule has 162 valence electrons. The molecule has 4 heterocycles. The number of benzene rings is 1. The molecule has 0 fully saturated rings. The highest BCUT2D eigenvalue weighted by molar-refractivity contribution is 7.99. The lowest BCUT2D eigenvalue weighted by Gasteiger charge is -2.10. The van der Waals surface area contributed by atoms with E-state index in [0.717, 1.165) is 38.5 Å². The second kappa shape index (κ2) is 8.93. The van der Waals surface area contributed by atoms with E-state index in [0.29, 0.717) is 23.6 Å². The first-order valence-electron chi connectivity index (χ1n) is 10.1. The van der Waals surface area contributed by atoms with Gasteiger partial charge in [0.25, 0.3) is 5.56 Å². The van der Waals surface area contributed by atoms with Crippen LogP contribution in [0.1, 0.15) is 6.42 Å². The Morgan fingerprint density at radius 2 is 2.00 bits per heavy atom. The number of aryl methyl sites for hydroxylation is 1. The molecule has 0 saturated heterocycles. The number of hydrogen-bond donors (Lipinski definition) is 1. The predicted octanol–water partition coefficient (Wildman–Crippen LogP) is 5.20. The molecule has 0 radical (unpaired) electrons. The Morgan fingerprint density at radius 1 is 1.12 bits per heavy atom. The van der Waals surface area contributed by atoms with Gasteiger partial charge in [0.1, 0.15) is 4.83 Å². The van der Waals surface area contributed by atoms with E-state index in [-0.39, 0.29) is 11.2 Å². The number of hydrogen-bond acceptors (Lipinski definition) is 6. The van der Waals surface area contributed by atoms with E-state index in [2.05, 4.69) is 11.6 Å². The van der Waals surface area contributed by atoms with Crippen molar-refractivity contribution in [2.75, 3.05) is 5.75 Å². The third-order valence-electron chi connectivity index (χ3n) is 5.20. The molecule has 0 unspecified atom stereocenters. The van der Waals surface area contributed by atoms with E-state index >= 15 is 0 Å². The number of thiophene rings is 2. The van der Waals surface area contributed by atoms with Crippen LogP contribution in [-0.2, 0) is 13.1 Å². The lowest BCUT2D eigenvalue weighted by molar-refractivity contribution is 0.663. The molecule has 0 aliphatic carbocycles. The Labute approximate surface area is 195 Å². The summed E-state index contributed by atoms with van der Waals surface area (Å²) in [7, 11) is 0. The summed E-state index contributed by atoms with van der Waals surface area (Å²) in [6.45, 7) is 4.82. The van der Waals surface area contributed by atoms with Crippen molar-refractivity contribution in [3.8, 4) is 10.4 Å². The van der Waals surface area contributed by atoms with Gasteiger partial charge in [-0.25, -0.2) is 9.78 Å². The van der Waals surface area contributed by atoms with Gasteiger partial charge in [-0.3, -0.25) is 13.9 Å². The average Bonchev–Trinajstić information content (AvgIpc) is 3.52. The van der Waals surface area contributed by atoms with E-state index in [1.807, 2.05) is 47.2 Å². The molecule has 5 aromatic rings. The molecule has 6 nitrogen and oxygen atoms in total. The summed E-state index contributed by atoms with van der Waals surface area (Å²) in [5, 5.41) is 5.39. The largest absolute Gasteiger partial charge is 0.326 e. The van der Waals surface area contributed by atoms with E-state index in [9.17, 15) is 9.59 Å². The number of nitrogens with one attached hydrogen (secondary N) is 1. The molecule has 32 heavy (non-hydrogen) atoms. The molecule has 5 rings (SSSR count). The molecule has 0 spiro atoms. The molecule has 0 amide bonds. The van der Waals surface area contributed by atoms with Crippen molar-refractivity contribution < 1.29 is 0 Å². The molecule has 0 bridgehead atoms. The summed E-state index contributed by atoms with van der Waals surface area (Å²) < 4.78 is 3.46. The Balaban J connectivity index is 1.39.